The average Bonchev–Trinajstić information content (AvgIpc) is 3.39. The van der Waals surface area contributed by atoms with Crippen LogP contribution in [0.1, 0.15) is 40.7 Å². The lowest BCUT2D eigenvalue weighted by Gasteiger charge is -2.11. The second-order valence-electron chi connectivity index (χ2n) is 7.69. The van der Waals surface area contributed by atoms with Crippen molar-refractivity contribution in [1.29, 1.82) is 0 Å². The fourth-order valence-electron chi connectivity index (χ4n) is 3.31. The molecule has 0 bridgehead atoms. The minimum absolute atomic E-state index is 0.0112. The van der Waals surface area contributed by atoms with E-state index in [1.165, 1.54) is 24.3 Å². The highest BCUT2D eigenvalue weighted by Crippen LogP contribution is 2.30. The SMILES string of the molecule is Cc1ccc(-c2cc(C(=O)NNC(=O)Cc3ccc(F)cc3)c3cnn(C(C)C)c3n2)s1. The quantitative estimate of drug-likeness (QED) is 0.445. The summed E-state index contributed by atoms with van der Waals surface area (Å²) in [5, 5.41) is 4.99. The molecule has 4 rings (SSSR count). The lowest BCUT2D eigenvalue weighted by atomic mass is 10.1. The minimum Gasteiger partial charge on any atom is -0.273 e. The highest BCUT2D eigenvalue weighted by molar-refractivity contribution is 7.15. The van der Waals surface area contributed by atoms with E-state index in [4.69, 9.17) is 4.98 Å². The number of thiophene rings is 1. The van der Waals surface area contributed by atoms with Gasteiger partial charge in [0.1, 0.15) is 5.82 Å². The normalized spacial score (nSPS) is 11.2. The van der Waals surface area contributed by atoms with Crippen LogP contribution in [0.4, 0.5) is 4.39 Å². The number of hydrazine groups is 1. The molecule has 2 amide bonds. The molecule has 0 atom stereocenters. The van der Waals surface area contributed by atoms with Gasteiger partial charge in [-0.3, -0.25) is 20.4 Å². The third-order valence-electron chi connectivity index (χ3n) is 4.89. The molecule has 164 valence electrons. The van der Waals surface area contributed by atoms with E-state index in [0.29, 0.717) is 27.9 Å². The van der Waals surface area contributed by atoms with Gasteiger partial charge in [0.05, 0.1) is 34.1 Å². The summed E-state index contributed by atoms with van der Waals surface area (Å²) in [5.74, 6) is -1.26. The van der Waals surface area contributed by atoms with E-state index < -0.39 is 11.8 Å². The van der Waals surface area contributed by atoms with Crippen LogP contribution in [0, 0.1) is 12.7 Å². The molecule has 0 saturated carbocycles. The molecular formula is C23H22FN5O2S. The maximum Gasteiger partial charge on any atom is 0.270 e. The van der Waals surface area contributed by atoms with Gasteiger partial charge in [0, 0.05) is 10.9 Å². The number of aryl methyl sites for hydroxylation is 1. The maximum atomic E-state index is 13.0. The van der Waals surface area contributed by atoms with Crippen LogP contribution in [0.3, 0.4) is 0 Å². The van der Waals surface area contributed by atoms with E-state index in [1.807, 2.05) is 32.9 Å². The zero-order chi connectivity index (χ0) is 22.8. The van der Waals surface area contributed by atoms with E-state index in [0.717, 1.165) is 9.75 Å². The van der Waals surface area contributed by atoms with Crippen molar-refractivity contribution in [1.82, 2.24) is 25.6 Å². The molecule has 0 unspecified atom stereocenters. The predicted molar refractivity (Wildman–Crippen MR) is 122 cm³/mol. The summed E-state index contributed by atoms with van der Waals surface area (Å²) < 4.78 is 14.8. The van der Waals surface area contributed by atoms with Gasteiger partial charge in [0.2, 0.25) is 5.91 Å². The first kappa shape index (κ1) is 21.6. The number of carbonyl (C=O) groups is 2. The van der Waals surface area contributed by atoms with Gasteiger partial charge in [-0.25, -0.2) is 14.1 Å². The fraction of sp³-hybridized carbons (Fsp3) is 0.217. The molecule has 0 fully saturated rings. The Kier molecular flexibility index (Phi) is 6.00. The van der Waals surface area contributed by atoms with Gasteiger partial charge < -0.3 is 0 Å². The summed E-state index contributed by atoms with van der Waals surface area (Å²) in [6, 6.07) is 11.4. The van der Waals surface area contributed by atoms with Crippen molar-refractivity contribution in [2.24, 2.45) is 0 Å². The summed E-state index contributed by atoms with van der Waals surface area (Å²) in [6.07, 6.45) is 1.62. The van der Waals surface area contributed by atoms with Crippen molar-refractivity contribution in [3.63, 3.8) is 0 Å². The number of aromatic nitrogens is 3. The van der Waals surface area contributed by atoms with Crippen molar-refractivity contribution in [3.05, 3.63) is 70.5 Å². The molecule has 9 heteroatoms. The average molecular weight is 452 g/mol. The fourth-order valence-corrected chi connectivity index (χ4v) is 4.14. The van der Waals surface area contributed by atoms with Gasteiger partial charge in [-0.05, 0) is 56.7 Å². The standard InChI is InChI=1S/C23H22FN5O2S/c1-13(2)29-22-18(12-25-29)17(11-19(26-22)20-9-4-14(3)32-20)23(31)28-27-21(30)10-15-5-7-16(24)8-6-15/h4-9,11-13H,10H2,1-3H3,(H,27,30)(H,28,31). The van der Waals surface area contributed by atoms with Crippen LogP contribution in [0.25, 0.3) is 21.6 Å². The zero-order valence-corrected chi connectivity index (χ0v) is 18.7. The number of hydrogen-bond donors (Lipinski definition) is 2. The summed E-state index contributed by atoms with van der Waals surface area (Å²) in [6.45, 7) is 5.99. The Morgan fingerprint density at radius 2 is 1.88 bits per heavy atom. The molecule has 0 spiro atoms. The van der Waals surface area contributed by atoms with Crippen molar-refractivity contribution in [2.45, 2.75) is 33.2 Å². The molecule has 0 saturated heterocycles. The van der Waals surface area contributed by atoms with Crippen molar-refractivity contribution in [2.75, 3.05) is 0 Å². The molecular weight excluding hydrogens is 429 g/mol. The summed E-state index contributed by atoms with van der Waals surface area (Å²) in [5.41, 5.74) is 7.17. The third-order valence-corrected chi connectivity index (χ3v) is 5.91. The highest BCUT2D eigenvalue weighted by atomic mass is 32.1. The number of nitrogens with zero attached hydrogens (tertiary/aromatic N) is 3. The van der Waals surface area contributed by atoms with Gasteiger partial charge >= 0.3 is 0 Å². The predicted octanol–water partition coefficient (Wildman–Crippen LogP) is 4.19. The molecule has 4 aromatic rings. The molecule has 0 aliphatic carbocycles. The molecule has 7 nitrogen and oxygen atoms in total. The van der Waals surface area contributed by atoms with E-state index >= 15 is 0 Å². The van der Waals surface area contributed by atoms with Crippen LogP contribution < -0.4 is 10.9 Å². The number of hydrogen-bond acceptors (Lipinski definition) is 5. The van der Waals surface area contributed by atoms with Crippen LogP contribution in [0.15, 0.2) is 48.7 Å². The van der Waals surface area contributed by atoms with Gasteiger partial charge in [0.15, 0.2) is 5.65 Å². The monoisotopic (exact) mass is 451 g/mol. The molecule has 0 radical (unpaired) electrons. The lowest BCUT2D eigenvalue weighted by molar-refractivity contribution is -0.121. The molecule has 1 aromatic carbocycles. The zero-order valence-electron chi connectivity index (χ0n) is 17.8. The Bertz CT molecular complexity index is 1290. The van der Waals surface area contributed by atoms with Gasteiger partial charge in [-0.15, -0.1) is 11.3 Å². The maximum absolute atomic E-state index is 13.0. The molecule has 0 aliphatic heterocycles. The van der Waals surface area contributed by atoms with Gasteiger partial charge in [-0.1, -0.05) is 12.1 Å². The van der Waals surface area contributed by atoms with E-state index in [2.05, 4.69) is 16.0 Å². The van der Waals surface area contributed by atoms with Crippen LogP contribution in [-0.4, -0.2) is 26.6 Å². The minimum atomic E-state index is -0.470. The van der Waals surface area contributed by atoms with Crippen LogP contribution in [0.2, 0.25) is 0 Å². The van der Waals surface area contributed by atoms with Crippen molar-refractivity contribution in [3.8, 4) is 10.6 Å². The molecule has 3 heterocycles. The topological polar surface area (TPSA) is 88.9 Å². The Hall–Kier alpha value is -3.59. The number of halogens is 1. The third kappa shape index (κ3) is 4.52. The molecule has 32 heavy (non-hydrogen) atoms. The van der Waals surface area contributed by atoms with Gasteiger partial charge in [0.25, 0.3) is 5.91 Å². The number of nitrogens with one attached hydrogen (secondary N) is 2. The number of fused-ring (bicyclic) bond motifs is 1. The Morgan fingerprint density at radius 1 is 1.12 bits per heavy atom. The molecule has 0 aliphatic rings. The van der Waals surface area contributed by atoms with Crippen LogP contribution in [0.5, 0.6) is 0 Å². The Morgan fingerprint density at radius 3 is 2.53 bits per heavy atom. The summed E-state index contributed by atoms with van der Waals surface area (Å²) in [7, 11) is 0. The van der Waals surface area contributed by atoms with Crippen LogP contribution >= 0.6 is 11.3 Å². The van der Waals surface area contributed by atoms with E-state index in [-0.39, 0.29) is 18.3 Å². The Labute approximate surface area is 188 Å². The van der Waals surface area contributed by atoms with Gasteiger partial charge in [-0.2, -0.15) is 5.10 Å². The first-order valence-corrected chi connectivity index (χ1v) is 10.9. The molecule has 3 aromatic heterocycles. The van der Waals surface area contributed by atoms with Crippen molar-refractivity contribution >= 4 is 34.2 Å². The lowest BCUT2D eigenvalue weighted by Crippen LogP contribution is -2.42. The Balaban J connectivity index is 1.59. The van der Waals surface area contributed by atoms with E-state index in [1.54, 1.807) is 28.3 Å². The number of pyridine rings is 1. The molecule has 2 N–H and O–H groups in total. The second-order valence-corrected chi connectivity index (χ2v) is 8.98. The highest BCUT2D eigenvalue weighted by Gasteiger charge is 2.19. The first-order valence-electron chi connectivity index (χ1n) is 10.1. The number of rotatable bonds is 5. The first-order chi connectivity index (χ1) is 15.3. The number of benzene rings is 1. The van der Waals surface area contributed by atoms with Crippen molar-refractivity contribution < 1.29 is 14.0 Å². The van der Waals surface area contributed by atoms with E-state index in [9.17, 15) is 14.0 Å². The van der Waals surface area contributed by atoms with Crippen LogP contribution in [-0.2, 0) is 11.2 Å². The summed E-state index contributed by atoms with van der Waals surface area (Å²) in [4.78, 5) is 32.1. The smallest absolute Gasteiger partial charge is 0.270 e. The number of amides is 2. The largest absolute Gasteiger partial charge is 0.273 e. The number of carbonyl (C=O) groups excluding carboxylic acids is 2. The summed E-state index contributed by atoms with van der Waals surface area (Å²) >= 11 is 1.59. The second kappa shape index (κ2) is 8.88.